The Bertz CT molecular complexity index is 252. The number of urea groups is 1. The van der Waals surface area contributed by atoms with E-state index in [0.29, 0.717) is 6.54 Å². The lowest BCUT2D eigenvalue weighted by Gasteiger charge is -2.28. The van der Waals surface area contributed by atoms with Gasteiger partial charge in [-0.25, -0.2) is 4.79 Å². The van der Waals surface area contributed by atoms with Crippen molar-refractivity contribution in [1.29, 1.82) is 0 Å². The van der Waals surface area contributed by atoms with Crippen LogP contribution in [0.25, 0.3) is 0 Å². The van der Waals surface area contributed by atoms with Gasteiger partial charge in [-0.2, -0.15) is 13.2 Å². The zero-order valence-electron chi connectivity index (χ0n) is 9.59. The van der Waals surface area contributed by atoms with Crippen molar-refractivity contribution in [3.8, 4) is 0 Å². The van der Waals surface area contributed by atoms with E-state index in [1.807, 2.05) is 5.32 Å². The maximum atomic E-state index is 12.0. The summed E-state index contributed by atoms with van der Waals surface area (Å²) in [6.07, 6.45) is -0.658. The first-order valence-corrected chi connectivity index (χ1v) is 5.75. The molecule has 100 valence electrons. The van der Waals surface area contributed by atoms with Gasteiger partial charge < -0.3 is 16.0 Å². The van der Waals surface area contributed by atoms with Crippen LogP contribution in [0.15, 0.2) is 0 Å². The largest absolute Gasteiger partial charge is 0.405 e. The molecule has 1 aliphatic carbocycles. The molecule has 1 rings (SSSR count). The lowest BCUT2D eigenvalue weighted by Crippen LogP contribution is -2.49. The second kappa shape index (κ2) is 6.09. The number of amides is 2. The summed E-state index contributed by atoms with van der Waals surface area (Å²) in [4.78, 5) is 13.1. The molecule has 0 aromatic rings. The molecule has 2 amide bonds. The van der Waals surface area contributed by atoms with Crippen molar-refractivity contribution in [3.05, 3.63) is 0 Å². The third kappa shape index (κ3) is 4.80. The summed E-state index contributed by atoms with van der Waals surface area (Å²) in [6, 6.07) is -0.633. The van der Waals surface area contributed by atoms with Crippen LogP contribution in [0.1, 0.15) is 25.7 Å². The Kier molecular flexibility index (Phi) is 5.04. The van der Waals surface area contributed by atoms with E-state index in [-0.39, 0.29) is 12.6 Å². The summed E-state index contributed by atoms with van der Waals surface area (Å²) in [6.45, 7) is -0.732. The molecule has 0 atom stereocenters. The van der Waals surface area contributed by atoms with Gasteiger partial charge in [0.1, 0.15) is 6.54 Å². The maximum absolute atomic E-state index is 12.0. The van der Waals surface area contributed by atoms with Crippen molar-refractivity contribution in [2.24, 2.45) is 5.73 Å². The fourth-order valence-electron chi connectivity index (χ4n) is 2.08. The first kappa shape index (κ1) is 14.1. The van der Waals surface area contributed by atoms with Gasteiger partial charge in [-0.15, -0.1) is 0 Å². The molecule has 0 aliphatic heterocycles. The van der Waals surface area contributed by atoms with Crippen molar-refractivity contribution in [2.75, 3.05) is 19.6 Å². The average molecular weight is 253 g/mol. The van der Waals surface area contributed by atoms with E-state index in [2.05, 4.69) is 0 Å². The maximum Gasteiger partial charge on any atom is 0.405 e. The lowest BCUT2D eigenvalue weighted by molar-refractivity contribution is -0.123. The molecule has 0 heterocycles. The normalized spacial score (nSPS) is 17.2. The number of nitrogens with one attached hydrogen (secondary N) is 1. The third-order valence-electron chi connectivity index (χ3n) is 2.84. The summed E-state index contributed by atoms with van der Waals surface area (Å²) < 4.78 is 36.0. The molecule has 1 saturated carbocycles. The van der Waals surface area contributed by atoms with Crippen LogP contribution in [0.3, 0.4) is 0 Å². The Morgan fingerprint density at radius 1 is 1.35 bits per heavy atom. The second-order valence-corrected chi connectivity index (χ2v) is 4.19. The van der Waals surface area contributed by atoms with Gasteiger partial charge in [-0.1, -0.05) is 12.8 Å². The number of carbonyl (C=O) groups is 1. The summed E-state index contributed by atoms with van der Waals surface area (Å²) >= 11 is 0. The summed E-state index contributed by atoms with van der Waals surface area (Å²) in [5.41, 5.74) is 5.37. The van der Waals surface area contributed by atoms with Crippen molar-refractivity contribution in [1.82, 2.24) is 10.2 Å². The molecule has 0 saturated heterocycles. The van der Waals surface area contributed by atoms with Crippen LogP contribution in [-0.2, 0) is 0 Å². The van der Waals surface area contributed by atoms with Crippen LogP contribution in [0.5, 0.6) is 0 Å². The van der Waals surface area contributed by atoms with Crippen LogP contribution >= 0.6 is 0 Å². The Labute approximate surface area is 98.3 Å². The predicted octanol–water partition coefficient (Wildman–Crippen LogP) is 1.46. The number of rotatable bonds is 4. The van der Waals surface area contributed by atoms with E-state index in [1.54, 1.807) is 0 Å². The Hall–Kier alpha value is -0.980. The molecule has 3 N–H and O–H groups in total. The minimum atomic E-state index is -4.38. The highest BCUT2D eigenvalue weighted by atomic mass is 19.4. The van der Waals surface area contributed by atoms with Gasteiger partial charge in [-0.05, 0) is 12.8 Å². The zero-order chi connectivity index (χ0) is 12.9. The summed E-state index contributed by atoms with van der Waals surface area (Å²) in [7, 11) is 0. The van der Waals surface area contributed by atoms with Crippen molar-refractivity contribution < 1.29 is 18.0 Å². The van der Waals surface area contributed by atoms with Crippen LogP contribution in [-0.4, -0.2) is 42.8 Å². The first-order chi connectivity index (χ1) is 7.94. The Morgan fingerprint density at radius 3 is 2.41 bits per heavy atom. The molecule has 1 aliphatic rings. The molecule has 0 radical (unpaired) electrons. The summed E-state index contributed by atoms with van der Waals surface area (Å²) in [5, 5.41) is 1.89. The summed E-state index contributed by atoms with van der Waals surface area (Å²) in [5.74, 6) is 0. The molecule has 1 fully saturated rings. The zero-order valence-corrected chi connectivity index (χ0v) is 9.59. The van der Waals surface area contributed by atoms with E-state index in [1.165, 1.54) is 4.90 Å². The molecule has 17 heavy (non-hydrogen) atoms. The average Bonchev–Trinajstić information content (AvgIpc) is 2.74. The van der Waals surface area contributed by atoms with Gasteiger partial charge in [0.15, 0.2) is 0 Å². The molecule has 0 bridgehead atoms. The topological polar surface area (TPSA) is 58.4 Å². The van der Waals surface area contributed by atoms with Gasteiger partial charge in [0.2, 0.25) is 0 Å². The Morgan fingerprint density at radius 2 is 1.94 bits per heavy atom. The van der Waals surface area contributed by atoms with Gasteiger partial charge in [0.05, 0.1) is 0 Å². The quantitative estimate of drug-likeness (QED) is 0.797. The van der Waals surface area contributed by atoms with E-state index >= 15 is 0 Å². The fourth-order valence-corrected chi connectivity index (χ4v) is 2.08. The van der Waals surface area contributed by atoms with Crippen LogP contribution in [0.2, 0.25) is 0 Å². The van der Waals surface area contributed by atoms with Crippen molar-refractivity contribution in [3.63, 3.8) is 0 Å². The molecule has 0 aromatic heterocycles. The molecular weight excluding hydrogens is 235 g/mol. The van der Waals surface area contributed by atoms with Crippen LogP contribution < -0.4 is 11.1 Å². The van der Waals surface area contributed by atoms with Crippen molar-refractivity contribution >= 4 is 6.03 Å². The highest BCUT2D eigenvalue weighted by Crippen LogP contribution is 2.23. The smallest absolute Gasteiger partial charge is 0.329 e. The SMILES string of the molecule is NCCN(C(=O)NCC(F)(F)F)C1CCCC1. The van der Waals surface area contributed by atoms with E-state index in [4.69, 9.17) is 5.73 Å². The number of hydrogen-bond acceptors (Lipinski definition) is 2. The second-order valence-electron chi connectivity index (χ2n) is 4.19. The van der Waals surface area contributed by atoms with E-state index < -0.39 is 18.8 Å². The number of nitrogens with two attached hydrogens (primary N) is 1. The number of nitrogens with zero attached hydrogens (tertiary/aromatic N) is 1. The fraction of sp³-hybridized carbons (Fsp3) is 0.900. The van der Waals surface area contributed by atoms with Gasteiger partial charge in [-0.3, -0.25) is 0 Å². The minimum absolute atomic E-state index is 0.0341. The standard InChI is InChI=1S/C10H18F3N3O/c11-10(12,13)7-15-9(17)16(6-5-14)8-3-1-2-4-8/h8H,1-7,14H2,(H,15,17). The highest BCUT2D eigenvalue weighted by molar-refractivity contribution is 5.74. The minimum Gasteiger partial charge on any atom is -0.329 e. The van der Waals surface area contributed by atoms with Gasteiger partial charge >= 0.3 is 12.2 Å². The van der Waals surface area contributed by atoms with Crippen molar-refractivity contribution in [2.45, 2.75) is 37.9 Å². The third-order valence-corrected chi connectivity index (χ3v) is 2.84. The lowest BCUT2D eigenvalue weighted by atomic mass is 10.2. The van der Waals surface area contributed by atoms with E-state index in [9.17, 15) is 18.0 Å². The highest BCUT2D eigenvalue weighted by Gasteiger charge is 2.31. The Balaban J connectivity index is 2.48. The molecule has 7 heteroatoms. The number of alkyl halides is 3. The predicted molar refractivity (Wildman–Crippen MR) is 57.5 cm³/mol. The molecule has 0 aromatic carbocycles. The van der Waals surface area contributed by atoms with E-state index in [0.717, 1.165) is 25.7 Å². The molecule has 0 unspecified atom stereocenters. The van der Waals surface area contributed by atoms with Gasteiger partial charge in [0, 0.05) is 19.1 Å². The van der Waals surface area contributed by atoms with Gasteiger partial charge in [0.25, 0.3) is 0 Å². The molecule has 4 nitrogen and oxygen atoms in total. The first-order valence-electron chi connectivity index (χ1n) is 5.75. The number of carbonyl (C=O) groups excluding carboxylic acids is 1. The monoisotopic (exact) mass is 253 g/mol. The van der Waals surface area contributed by atoms with Crippen LogP contribution in [0, 0.1) is 0 Å². The molecule has 0 spiro atoms. The van der Waals surface area contributed by atoms with Crippen LogP contribution in [0.4, 0.5) is 18.0 Å². The molecular formula is C10H18F3N3O. The number of halogens is 3. The number of hydrogen-bond donors (Lipinski definition) is 2.